The zero-order chi connectivity index (χ0) is 11.4. The summed E-state index contributed by atoms with van der Waals surface area (Å²) in [4.78, 5) is 0. The van der Waals surface area contributed by atoms with Crippen LogP contribution in [0.15, 0.2) is 34.8 Å². The van der Waals surface area contributed by atoms with Crippen LogP contribution < -0.4 is 5.32 Å². The molecule has 2 unspecified atom stereocenters. The highest BCUT2D eigenvalue weighted by Crippen LogP contribution is 2.16. The van der Waals surface area contributed by atoms with Gasteiger partial charge in [-0.25, -0.2) is 0 Å². The Morgan fingerprint density at radius 3 is 3.00 bits per heavy atom. The van der Waals surface area contributed by atoms with Crippen LogP contribution in [0, 0.1) is 0 Å². The van der Waals surface area contributed by atoms with Crippen molar-refractivity contribution < 1.29 is 0 Å². The summed E-state index contributed by atoms with van der Waals surface area (Å²) in [6.45, 7) is 2.26. The van der Waals surface area contributed by atoms with Crippen molar-refractivity contribution in [2.24, 2.45) is 0 Å². The summed E-state index contributed by atoms with van der Waals surface area (Å²) >= 11 is 3.49. The van der Waals surface area contributed by atoms with Crippen LogP contribution in [0.5, 0.6) is 0 Å². The Bertz CT molecular complexity index is 373. The minimum atomic E-state index is 0.544. The maximum Gasteiger partial charge on any atom is 0.0255 e. The van der Waals surface area contributed by atoms with Crippen molar-refractivity contribution in [3.8, 4) is 0 Å². The van der Waals surface area contributed by atoms with Crippen molar-refractivity contribution >= 4 is 22.0 Å². The molecule has 0 radical (unpaired) electrons. The van der Waals surface area contributed by atoms with E-state index in [0.29, 0.717) is 12.1 Å². The van der Waals surface area contributed by atoms with Crippen molar-refractivity contribution in [3.63, 3.8) is 0 Å². The van der Waals surface area contributed by atoms with Gasteiger partial charge < -0.3 is 5.32 Å². The Morgan fingerprint density at radius 1 is 1.38 bits per heavy atom. The average molecular weight is 280 g/mol. The lowest BCUT2D eigenvalue weighted by molar-refractivity contribution is 0.375. The molecule has 0 spiro atoms. The Labute approximate surface area is 106 Å². The van der Waals surface area contributed by atoms with Gasteiger partial charge in [0.15, 0.2) is 0 Å². The molecule has 1 saturated heterocycles. The van der Waals surface area contributed by atoms with Crippen LogP contribution in [0.2, 0.25) is 0 Å². The highest BCUT2D eigenvalue weighted by molar-refractivity contribution is 9.10. The van der Waals surface area contributed by atoms with Crippen LogP contribution in [-0.2, 0) is 0 Å². The van der Waals surface area contributed by atoms with Crippen LogP contribution in [0.25, 0.3) is 6.08 Å². The van der Waals surface area contributed by atoms with Gasteiger partial charge in [-0.05, 0) is 37.5 Å². The molecular weight excluding hydrogens is 262 g/mol. The first-order chi connectivity index (χ1) is 7.74. The van der Waals surface area contributed by atoms with Gasteiger partial charge in [0.1, 0.15) is 0 Å². The molecule has 0 amide bonds. The average Bonchev–Trinajstić information content (AvgIpc) is 2.27. The van der Waals surface area contributed by atoms with E-state index in [-0.39, 0.29) is 0 Å². The van der Waals surface area contributed by atoms with Gasteiger partial charge in [-0.3, -0.25) is 0 Å². The van der Waals surface area contributed by atoms with Crippen molar-refractivity contribution in [2.75, 3.05) is 0 Å². The predicted octanol–water partition coefficient (Wildman–Crippen LogP) is 3.99. The van der Waals surface area contributed by atoms with Crippen molar-refractivity contribution in [3.05, 3.63) is 40.4 Å². The Morgan fingerprint density at radius 2 is 2.25 bits per heavy atom. The van der Waals surface area contributed by atoms with Crippen LogP contribution in [-0.4, -0.2) is 12.1 Å². The molecule has 1 aliphatic rings. The van der Waals surface area contributed by atoms with E-state index in [1.54, 1.807) is 0 Å². The van der Waals surface area contributed by atoms with E-state index in [9.17, 15) is 0 Å². The molecule has 1 aromatic carbocycles. The molecule has 2 heteroatoms. The van der Waals surface area contributed by atoms with Crippen LogP contribution in [0.4, 0.5) is 0 Å². The first-order valence-corrected chi connectivity index (χ1v) is 6.73. The SMILES string of the molecule is CC1CCCC(/C=C/c2cccc(Br)c2)N1. The van der Waals surface area contributed by atoms with Gasteiger partial charge in [0.2, 0.25) is 0 Å². The standard InChI is InChI=1S/C14H18BrN/c1-11-4-2-7-14(16-11)9-8-12-5-3-6-13(15)10-12/h3,5-6,8-11,14,16H,2,4,7H2,1H3/b9-8+. The van der Waals surface area contributed by atoms with Gasteiger partial charge in [0.25, 0.3) is 0 Å². The number of nitrogens with one attached hydrogen (secondary N) is 1. The van der Waals surface area contributed by atoms with E-state index in [1.165, 1.54) is 24.8 Å². The van der Waals surface area contributed by atoms with Gasteiger partial charge in [-0.1, -0.05) is 46.6 Å². The summed E-state index contributed by atoms with van der Waals surface area (Å²) in [6, 6.07) is 9.60. The minimum Gasteiger partial charge on any atom is -0.308 e. The second kappa shape index (κ2) is 5.65. The maximum atomic E-state index is 3.60. The third kappa shape index (κ3) is 3.46. The first kappa shape index (κ1) is 11.9. The van der Waals surface area contributed by atoms with Gasteiger partial charge in [0.05, 0.1) is 0 Å². The maximum absolute atomic E-state index is 3.60. The van der Waals surface area contributed by atoms with Gasteiger partial charge in [-0.15, -0.1) is 0 Å². The molecule has 16 heavy (non-hydrogen) atoms. The van der Waals surface area contributed by atoms with E-state index >= 15 is 0 Å². The molecule has 2 atom stereocenters. The van der Waals surface area contributed by atoms with Crippen LogP contribution >= 0.6 is 15.9 Å². The lowest BCUT2D eigenvalue weighted by atomic mass is 9.99. The topological polar surface area (TPSA) is 12.0 Å². The highest BCUT2D eigenvalue weighted by atomic mass is 79.9. The quantitative estimate of drug-likeness (QED) is 0.863. The second-order valence-corrected chi connectivity index (χ2v) is 5.43. The number of piperidine rings is 1. The molecule has 0 saturated carbocycles. The summed E-state index contributed by atoms with van der Waals surface area (Å²) in [5.74, 6) is 0. The van der Waals surface area contributed by atoms with Gasteiger partial charge >= 0.3 is 0 Å². The van der Waals surface area contributed by atoms with Crippen molar-refractivity contribution in [2.45, 2.75) is 38.3 Å². The number of halogens is 1. The summed E-state index contributed by atoms with van der Waals surface area (Å²) in [7, 11) is 0. The Balaban J connectivity index is 1.98. The minimum absolute atomic E-state index is 0.544. The molecule has 1 aromatic rings. The summed E-state index contributed by atoms with van der Waals surface area (Å²) in [5, 5.41) is 3.60. The lowest BCUT2D eigenvalue weighted by Crippen LogP contribution is -2.39. The van der Waals surface area contributed by atoms with E-state index in [1.807, 2.05) is 0 Å². The van der Waals surface area contributed by atoms with E-state index < -0.39 is 0 Å². The molecule has 1 fully saturated rings. The number of rotatable bonds is 2. The molecule has 0 aromatic heterocycles. The third-order valence-electron chi connectivity index (χ3n) is 3.02. The zero-order valence-electron chi connectivity index (χ0n) is 9.62. The molecule has 0 bridgehead atoms. The molecule has 2 rings (SSSR count). The zero-order valence-corrected chi connectivity index (χ0v) is 11.2. The number of hydrogen-bond donors (Lipinski definition) is 1. The predicted molar refractivity (Wildman–Crippen MR) is 73.4 cm³/mol. The first-order valence-electron chi connectivity index (χ1n) is 5.94. The largest absolute Gasteiger partial charge is 0.308 e. The summed E-state index contributed by atoms with van der Waals surface area (Å²) in [5.41, 5.74) is 1.26. The fourth-order valence-corrected chi connectivity index (χ4v) is 2.58. The Hall–Kier alpha value is -0.600. The molecule has 86 valence electrons. The van der Waals surface area contributed by atoms with E-state index in [2.05, 4.69) is 64.6 Å². The molecule has 1 nitrogen and oxygen atoms in total. The van der Waals surface area contributed by atoms with Crippen molar-refractivity contribution in [1.82, 2.24) is 5.32 Å². The van der Waals surface area contributed by atoms with Gasteiger partial charge in [-0.2, -0.15) is 0 Å². The monoisotopic (exact) mass is 279 g/mol. The molecule has 1 aliphatic heterocycles. The van der Waals surface area contributed by atoms with Crippen LogP contribution in [0.1, 0.15) is 31.7 Å². The molecular formula is C14H18BrN. The van der Waals surface area contributed by atoms with E-state index in [4.69, 9.17) is 0 Å². The second-order valence-electron chi connectivity index (χ2n) is 4.52. The fraction of sp³-hybridized carbons (Fsp3) is 0.429. The number of benzene rings is 1. The third-order valence-corrected chi connectivity index (χ3v) is 3.51. The highest BCUT2D eigenvalue weighted by Gasteiger charge is 2.14. The van der Waals surface area contributed by atoms with Gasteiger partial charge in [0, 0.05) is 16.6 Å². The smallest absolute Gasteiger partial charge is 0.0255 e. The summed E-state index contributed by atoms with van der Waals surface area (Å²) in [6.07, 6.45) is 8.40. The lowest BCUT2D eigenvalue weighted by Gasteiger charge is -2.26. The van der Waals surface area contributed by atoms with E-state index in [0.717, 1.165) is 4.47 Å². The molecule has 0 aliphatic carbocycles. The normalized spacial score (nSPS) is 26.1. The Kier molecular flexibility index (Phi) is 4.19. The number of hydrogen-bond acceptors (Lipinski definition) is 1. The molecule has 1 N–H and O–H groups in total. The molecule has 1 heterocycles. The van der Waals surface area contributed by atoms with Crippen molar-refractivity contribution in [1.29, 1.82) is 0 Å². The van der Waals surface area contributed by atoms with Crippen LogP contribution in [0.3, 0.4) is 0 Å². The summed E-state index contributed by atoms with van der Waals surface area (Å²) < 4.78 is 1.14. The fourth-order valence-electron chi connectivity index (χ4n) is 2.17.